The molecule has 0 saturated carbocycles. The molecule has 0 aliphatic carbocycles. The maximum atomic E-state index is 11.9. The molecule has 0 unspecified atom stereocenters. The van der Waals surface area contributed by atoms with Crippen LogP contribution in [0.1, 0.15) is 22.5 Å². The van der Waals surface area contributed by atoms with Crippen LogP contribution in [0.4, 0.5) is 5.82 Å². The van der Waals surface area contributed by atoms with Crippen LogP contribution in [0, 0.1) is 0 Å². The number of aromatic nitrogens is 1. The van der Waals surface area contributed by atoms with Crippen molar-refractivity contribution in [2.24, 2.45) is 0 Å². The Bertz CT molecular complexity index is 564. The predicted molar refractivity (Wildman–Crippen MR) is 85.8 cm³/mol. The quantitative estimate of drug-likeness (QED) is 0.730. The zero-order chi connectivity index (χ0) is 15.8. The molecule has 2 N–H and O–H groups in total. The van der Waals surface area contributed by atoms with Gasteiger partial charge in [-0.05, 0) is 51.3 Å². The van der Waals surface area contributed by atoms with Gasteiger partial charge in [-0.25, -0.2) is 4.98 Å². The van der Waals surface area contributed by atoms with Gasteiger partial charge in [-0.2, -0.15) is 0 Å². The third-order valence-electron chi connectivity index (χ3n) is 3.12. The molecule has 0 radical (unpaired) electrons. The average Bonchev–Trinajstić information content (AvgIpc) is 3.03. The minimum absolute atomic E-state index is 0.0937. The highest BCUT2D eigenvalue weighted by Gasteiger charge is 2.05. The molecule has 118 valence electrons. The Labute approximate surface area is 130 Å². The Morgan fingerprint density at radius 3 is 2.82 bits per heavy atom. The van der Waals surface area contributed by atoms with Crippen molar-refractivity contribution in [1.82, 2.24) is 15.2 Å². The summed E-state index contributed by atoms with van der Waals surface area (Å²) in [6.07, 6.45) is 4.13. The van der Waals surface area contributed by atoms with E-state index in [1.165, 1.54) is 0 Å². The minimum Gasteiger partial charge on any atom is -0.467 e. The van der Waals surface area contributed by atoms with Crippen molar-refractivity contribution in [3.63, 3.8) is 0 Å². The van der Waals surface area contributed by atoms with Crippen LogP contribution in [-0.2, 0) is 6.54 Å². The molecule has 0 spiro atoms. The molecular formula is C16H22N4O2. The number of nitrogens with one attached hydrogen (secondary N) is 2. The number of anilines is 1. The molecule has 2 aromatic heterocycles. The van der Waals surface area contributed by atoms with Gasteiger partial charge in [0.05, 0.1) is 18.4 Å². The Morgan fingerprint density at radius 2 is 2.18 bits per heavy atom. The van der Waals surface area contributed by atoms with Crippen LogP contribution in [0.3, 0.4) is 0 Å². The highest BCUT2D eigenvalue weighted by molar-refractivity contribution is 5.94. The van der Waals surface area contributed by atoms with Gasteiger partial charge in [0.25, 0.3) is 5.91 Å². The molecule has 6 nitrogen and oxygen atoms in total. The maximum Gasteiger partial charge on any atom is 0.252 e. The summed E-state index contributed by atoms with van der Waals surface area (Å²) < 4.78 is 5.23. The van der Waals surface area contributed by atoms with Gasteiger partial charge in [-0.3, -0.25) is 4.79 Å². The first-order valence-electron chi connectivity index (χ1n) is 7.30. The Morgan fingerprint density at radius 1 is 1.32 bits per heavy atom. The van der Waals surface area contributed by atoms with Gasteiger partial charge < -0.3 is 20.0 Å². The molecule has 0 bridgehead atoms. The molecular weight excluding hydrogens is 280 g/mol. The van der Waals surface area contributed by atoms with E-state index in [4.69, 9.17) is 4.42 Å². The number of carbonyl (C=O) groups excluding carboxylic acids is 1. The summed E-state index contributed by atoms with van der Waals surface area (Å²) in [5, 5.41) is 6.02. The fraction of sp³-hybridized carbons (Fsp3) is 0.375. The van der Waals surface area contributed by atoms with Crippen LogP contribution in [0.5, 0.6) is 0 Å². The Hall–Kier alpha value is -2.34. The van der Waals surface area contributed by atoms with Crippen LogP contribution in [0.2, 0.25) is 0 Å². The maximum absolute atomic E-state index is 11.9. The molecule has 1 amide bonds. The van der Waals surface area contributed by atoms with Crippen molar-refractivity contribution < 1.29 is 9.21 Å². The van der Waals surface area contributed by atoms with Crippen LogP contribution >= 0.6 is 0 Å². The number of furan rings is 1. The Balaban J connectivity index is 1.76. The summed E-state index contributed by atoms with van der Waals surface area (Å²) in [5.74, 6) is 1.45. The summed E-state index contributed by atoms with van der Waals surface area (Å²) >= 11 is 0. The highest BCUT2D eigenvalue weighted by atomic mass is 16.3. The molecule has 0 aliphatic heterocycles. The van der Waals surface area contributed by atoms with Crippen molar-refractivity contribution in [2.75, 3.05) is 32.5 Å². The van der Waals surface area contributed by atoms with Crippen LogP contribution < -0.4 is 10.6 Å². The van der Waals surface area contributed by atoms with E-state index in [1.54, 1.807) is 24.6 Å². The normalized spacial score (nSPS) is 10.7. The number of rotatable bonds is 8. The zero-order valence-corrected chi connectivity index (χ0v) is 13.0. The van der Waals surface area contributed by atoms with E-state index in [1.807, 2.05) is 26.2 Å². The lowest BCUT2D eigenvalue weighted by Crippen LogP contribution is -2.27. The first-order chi connectivity index (χ1) is 10.6. The van der Waals surface area contributed by atoms with Crippen molar-refractivity contribution in [3.8, 4) is 0 Å². The standard InChI is InChI=1S/C16H22N4O2/c1-20(2)9-4-8-17-16(21)13-6-7-15(18-11-13)19-12-14-5-3-10-22-14/h3,5-7,10-11H,4,8-9,12H2,1-2H3,(H,17,21)(H,18,19). The number of amides is 1. The van der Waals surface area contributed by atoms with Gasteiger partial charge in [-0.15, -0.1) is 0 Å². The lowest BCUT2D eigenvalue weighted by molar-refractivity contribution is 0.0952. The van der Waals surface area contributed by atoms with E-state index in [9.17, 15) is 4.79 Å². The van der Waals surface area contributed by atoms with Gasteiger partial charge >= 0.3 is 0 Å². The van der Waals surface area contributed by atoms with Crippen LogP contribution in [-0.4, -0.2) is 43.0 Å². The average molecular weight is 302 g/mol. The second-order valence-corrected chi connectivity index (χ2v) is 5.28. The predicted octanol–water partition coefficient (Wildman–Crippen LogP) is 1.97. The van der Waals surface area contributed by atoms with Gasteiger partial charge in [0.15, 0.2) is 0 Å². The van der Waals surface area contributed by atoms with Crippen molar-refractivity contribution >= 4 is 11.7 Å². The van der Waals surface area contributed by atoms with Crippen molar-refractivity contribution in [1.29, 1.82) is 0 Å². The number of carbonyl (C=O) groups is 1. The lowest BCUT2D eigenvalue weighted by Gasteiger charge is -2.10. The smallest absolute Gasteiger partial charge is 0.252 e. The molecule has 0 saturated heterocycles. The third kappa shape index (κ3) is 5.21. The monoisotopic (exact) mass is 302 g/mol. The molecule has 22 heavy (non-hydrogen) atoms. The molecule has 0 atom stereocenters. The first-order valence-corrected chi connectivity index (χ1v) is 7.30. The van der Waals surface area contributed by atoms with Crippen molar-refractivity contribution in [3.05, 3.63) is 48.0 Å². The lowest BCUT2D eigenvalue weighted by atomic mass is 10.2. The van der Waals surface area contributed by atoms with Crippen LogP contribution in [0.15, 0.2) is 41.1 Å². The first kappa shape index (κ1) is 16.0. The van der Waals surface area contributed by atoms with E-state index < -0.39 is 0 Å². The van der Waals surface area contributed by atoms with E-state index in [2.05, 4.69) is 20.5 Å². The van der Waals surface area contributed by atoms with Gasteiger partial charge in [-0.1, -0.05) is 0 Å². The second-order valence-electron chi connectivity index (χ2n) is 5.28. The topological polar surface area (TPSA) is 70.4 Å². The van der Waals surface area contributed by atoms with E-state index >= 15 is 0 Å². The SMILES string of the molecule is CN(C)CCCNC(=O)c1ccc(NCc2ccco2)nc1. The number of hydrogen-bond acceptors (Lipinski definition) is 5. The highest BCUT2D eigenvalue weighted by Crippen LogP contribution is 2.08. The zero-order valence-electron chi connectivity index (χ0n) is 13.0. The second kappa shape index (κ2) is 8.19. The molecule has 0 aromatic carbocycles. The number of pyridine rings is 1. The fourth-order valence-corrected chi connectivity index (χ4v) is 1.92. The molecule has 2 rings (SSSR count). The Kier molecular flexibility index (Phi) is 5.97. The molecule has 6 heteroatoms. The van der Waals surface area contributed by atoms with Gasteiger partial charge in [0.1, 0.15) is 11.6 Å². The number of hydrogen-bond donors (Lipinski definition) is 2. The molecule has 0 aliphatic rings. The van der Waals surface area contributed by atoms with Gasteiger partial charge in [0.2, 0.25) is 0 Å². The van der Waals surface area contributed by atoms with Crippen molar-refractivity contribution in [2.45, 2.75) is 13.0 Å². The number of nitrogens with zero attached hydrogens (tertiary/aromatic N) is 2. The molecule has 2 heterocycles. The van der Waals surface area contributed by atoms with Gasteiger partial charge in [0, 0.05) is 12.7 Å². The summed E-state index contributed by atoms with van der Waals surface area (Å²) in [5.41, 5.74) is 0.563. The van der Waals surface area contributed by atoms with E-state index in [0.717, 1.165) is 18.7 Å². The fourth-order valence-electron chi connectivity index (χ4n) is 1.92. The minimum atomic E-state index is -0.0937. The third-order valence-corrected chi connectivity index (χ3v) is 3.12. The summed E-state index contributed by atoms with van der Waals surface area (Å²) in [7, 11) is 4.03. The summed E-state index contributed by atoms with van der Waals surface area (Å²) in [6.45, 7) is 2.18. The summed E-state index contributed by atoms with van der Waals surface area (Å²) in [6, 6.07) is 7.28. The molecule has 2 aromatic rings. The molecule has 0 fully saturated rings. The largest absolute Gasteiger partial charge is 0.467 e. The van der Waals surface area contributed by atoms with Crippen LogP contribution in [0.25, 0.3) is 0 Å². The van der Waals surface area contributed by atoms with E-state index in [-0.39, 0.29) is 5.91 Å². The summed E-state index contributed by atoms with van der Waals surface area (Å²) in [4.78, 5) is 18.3. The van der Waals surface area contributed by atoms with E-state index in [0.29, 0.717) is 24.5 Å².